The highest BCUT2D eigenvalue weighted by molar-refractivity contribution is 5.73. The molecule has 0 radical (unpaired) electrons. The highest BCUT2D eigenvalue weighted by atomic mass is 16.4. The van der Waals surface area contributed by atoms with Gasteiger partial charge in [0.1, 0.15) is 7.45 Å². The van der Waals surface area contributed by atoms with Gasteiger partial charge in [-0.25, -0.2) is 0 Å². The Balaban J connectivity index is 2.54. The van der Waals surface area contributed by atoms with Crippen LogP contribution in [0.2, 0.25) is 1.41 Å². The van der Waals surface area contributed by atoms with Crippen molar-refractivity contribution in [3.8, 4) is 0 Å². The monoisotopic (exact) mass is 132 g/mol. The summed E-state index contributed by atoms with van der Waals surface area (Å²) in [5, 5.41) is 18.2. The lowest BCUT2D eigenvalue weighted by atomic mass is 10.2. The van der Waals surface area contributed by atoms with Crippen LogP contribution in [0.15, 0.2) is 0 Å². The average Bonchev–Trinajstić information content (AvgIpc) is 2.10. The number of aliphatic carboxylic acids is 1. The lowest BCUT2D eigenvalue weighted by Gasteiger charge is -1.99. The first-order valence-electron chi connectivity index (χ1n) is 3.22. The summed E-state index contributed by atoms with van der Waals surface area (Å²) in [7, 11) is 0. The summed E-state index contributed by atoms with van der Waals surface area (Å²) in [5.41, 5.74) is 0. The van der Waals surface area contributed by atoms with Crippen molar-refractivity contribution in [3.63, 3.8) is 0 Å². The van der Waals surface area contributed by atoms with E-state index < -0.39 is 18.1 Å². The number of hydrogen-bond acceptors (Lipinski definition) is 3. The molecule has 2 unspecified atom stereocenters. The molecule has 0 aromatic carbocycles. The zero-order chi connectivity index (χ0) is 7.72. The predicted octanol–water partition coefficient (Wildman–Crippen LogP) is -1.21. The van der Waals surface area contributed by atoms with E-state index in [0.717, 1.165) is 5.31 Å². The molecule has 0 bridgehead atoms. The molecule has 0 aromatic rings. The number of carboxylic acids is 1. The zero-order valence-electron chi connectivity index (χ0n) is 5.82. The Morgan fingerprint density at radius 2 is 2.56 bits per heavy atom. The quantitative estimate of drug-likeness (QED) is 0.419. The molecule has 2 atom stereocenters. The largest absolute Gasteiger partial charge is 0.480 e. The molecular weight excluding hydrogens is 122 g/mol. The standard InChI is InChI=1S/C5H9NO3/c7-3-1-4(5(8)9)6-2-3/h3-4,6-7H,1-2H2,(H,8,9)/i/hD. The molecule has 1 aliphatic heterocycles. The van der Waals surface area contributed by atoms with Gasteiger partial charge < -0.3 is 15.5 Å². The molecule has 52 valence electrons. The molecule has 4 nitrogen and oxygen atoms in total. The van der Waals surface area contributed by atoms with E-state index in [1.807, 2.05) is 0 Å². The Hall–Kier alpha value is -0.610. The topological polar surface area (TPSA) is 69.6 Å². The van der Waals surface area contributed by atoms with E-state index in [9.17, 15) is 4.79 Å². The highest BCUT2D eigenvalue weighted by Crippen LogP contribution is 2.05. The maximum absolute atomic E-state index is 10.3. The Kier molecular flexibility index (Phi) is 1.34. The van der Waals surface area contributed by atoms with Gasteiger partial charge in [0, 0.05) is 13.0 Å². The van der Waals surface area contributed by atoms with Crippen molar-refractivity contribution >= 4 is 5.97 Å². The minimum Gasteiger partial charge on any atom is -0.480 e. The number of carboxylic acid groups (broad SMARTS) is 1. The van der Waals surface area contributed by atoms with Crippen LogP contribution in [0.4, 0.5) is 0 Å². The summed E-state index contributed by atoms with van der Waals surface area (Å²) in [4.78, 5) is 10.3. The van der Waals surface area contributed by atoms with Crippen LogP contribution in [0, 0.1) is 0 Å². The van der Waals surface area contributed by atoms with E-state index in [0.29, 0.717) is 0 Å². The van der Waals surface area contributed by atoms with Gasteiger partial charge in [-0.05, 0) is 0 Å². The molecule has 1 rings (SSSR count). The van der Waals surface area contributed by atoms with E-state index in [1.165, 1.54) is 0 Å². The maximum Gasteiger partial charge on any atom is 0.320 e. The Bertz CT molecular complexity index is 152. The highest BCUT2D eigenvalue weighted by Gasteiger charge is 2.27. The van der Waals surface area contributed by atoms with Crippen molar-refractivity contribution in [3.05, 3.63) is 0 Å². The number of rotatable bonds is 1. The fourth-order valence-corrected chi connectivity index (χ4v) is 0.835. The first kappa shape index (κ1) is 5.20. The lowest BCUT2D eigenvalue weighted by Crippen LogP contribution is -2.29. The SMILES string of the molecule is [2H]N1CC(O)CC1C(=O)O. The van der Waals surface area contributed by atoms with Gasteiger partial charge >= 0.3 is 5.97 Å². The summed E-state index contributed by atoms with van der Waals surface area (Å²) in [6.07, 6.45) is -0.489. The van der Waals surface area contributed by atoms with Crippen molar-refractivity contribution in [2.45, 2.75) is 18.6 Å². The van der Waals surface area contributed by atoms with Gasteiger partial charge in [-0.2, -0.15) is 0 Å². The molecule has 0 amide bonds. The molecule has 9 heavy (non-hydrogen) atoms. The normalized spacial score (nSPS) is 38.6. The number of nitrogens with one attached hydrogen (secondary N) is 1. The van der Waals surface area contributed by atoms with Crippen LogP contribution in [0.25, 0.3) is 0 Å². The third-order valence-electron chi connectivity index (χ3n) is 1.32. The van der Waals surface area contributed by atoms with Crippen LogP contribution in [-0.4, -0.2) is 34.9 Å². The summed E-state index contributed by atoms with van der Waals surface area (Å²) in [5.74, 6) is -1.04. The fraction of sp³-hybridized carbons (Fsp3) is 0.800. The second kappa shape index (κ2) is 2.33. The van der Waals surface area contributed by atoms with Crippen LogP contribution in [0.3, 0.4) is 0 Å². The first-order valence-corrected chi connectivity index (χ1v) is 2.77. The van der Waals surface area contributed by atoms with E-state index in [4.69, 9.17) is 11.6 Å². The summed E-state index contributed by atoms with van der Waals surface area (Å²) in [6.45, 7) is 0.136. The van der Waals surface area contributed by atoms with Gasteiger partial charge in [0.2, 0.25) is 0 Å². The molecule has 1 aliphatic rings. The van der Waals surface area contributed by atoms with Crippen LogP contribution >= 0.6 is 0 Å². The van der Waals surface area contributed by atoms with E-state index in [1.54, 1.807) is 0 Å². The molecule has 1 saturated heterocycles. The predicted molar refractivity (Wildman–Crippen MR) is 30.1 cm³/mol. The Morgan fingerprint density at radius 1 is 1.89 bits per heavy atom. The molecule has 1 heterocycles. The van der Waals surface area contributed by atoms with Gasteiger partial charge in [-0.15, -0.1) is 0 Å². The molecule has 0 saturated carbocycles. The maximum atomic E-state index is 10.3. The van der Waals surface area contributed by atoms with Crippen LogP contribution in [-0.2, 0) is 4.79 Å². The van der Waals surface area contributed by atoms with Crippen molar-refractivity contribution in [2.75, 3.05) is 6.54 Å². The smallest absolute Gasteiger partial charge is 0.320 e. The second-order valence-corrected chi connectivity index (χ2v) is 2.11. The molecule has 1 fully saturated rings. The summed E-state index contributed by atoms with van der Waals surface area (Å²) < 4.78 is 7.04. The minimum atomic E-state index is -1.04. The van der Waals surface area contributed by atoms with Gasteiger partial charge in [0.05, 0.1) is 6.10 Å². The molecule has 3 N–H and O–H groups in total. The van der Waals surface area contributed by atoms with E-state index in [2.05, 4.69) is 0 Å². The summed E-state index contributed by atoms with van der Waals surface area (Å²) in [6, 6.07) is -0.824. The number of carbonyl (C=O) groups is 1. The van der Waals surface area contributed by atoms with Gasteiger partial charge in [-0.1, -0.05) is 0 Å². The first-order chi connectivity index (χ1) is 4.61. The molecule has 4 heteroatoms. The molecule has 0 spiro atoms. The molecule has 0 aromatic heterocycles. The Morgan fingerprint density at radius 3 is 2.78 bits per heavy atom. The van der Waals surface area contributed by atoms with Crippen molar-refractivity contribution in [1.29, 1.82) is 0 Å². The summed E-state index contributed by atoms with van der Waals surface area (Å²) >= 11 is 0. The van der Waals surface area contributed by atoms with E-state index in [-0.39, 0.29) is 13.0 Å². The average molecular weight is 132 g/mol. The van der Waals surface area contributed by atoms with Crippen molar-refractivity contribution in [2.24, 2.45) is 0 Å². The molecular formula is C5H9NO3. The van der Waals surface area contributed by atoms with Crippen LogP contribution in [0.1, 0.15) is 6.42 Å². The number of β-amino-alcohol motifs (C(OH)–C–C–N with tert-alkyl or cyclic N) is 1. The van der Waals surface area contributed by atoms with Crippen molar-refractivity contribution in [1.82, 2.24) is 5.31 Å². The Labute approximate surface area is 54.0 Å². The van der Waals surface area contributed by atoms with Crippen LogP contribution in [0.5, 0.6) is 0 Å². The van der Waals surface area contributed by atoms with Gasteiger partial charge in [0.15, 0.2) is 0 Å². The second-order valence-electron chi connectivity index (χ2n) is 2.11. The van der Waals surface area contributed by atoms with Crippen LogP contribution < -0.4 is 5.31 Å². The van der Waals surface area contributed by atoms with Crippen molar-refractivity contribution < 1.29 is 16.4 Å². The number of aliphatic hydroxyl groups is 1. The molecule has 0 aliphatic carbocycles. The van der Waals surface area contributed by atoms with Gasteiger partial charge in [-0.3, -0.25) is 4.79 Å². The third-order valence-corrected chi connectivity index (χ3v) is 1.32. The van der Waals surface area contributed by atoms with E-state index >= 15 is 0 Å². The number of aliphatic hydroxyl groups excluding tert-OH is 1. The van der Waals surface area contributed by atoms with Gasteiger partial charge in [0.25, 0.3) is 0 Å². The third kappa shape index (κ3) is 1.40. The fourth-order valence-electron chi connectivity index (χ4n) is 0.835. The number of hydrogen-bond donors (Lipinski definition) is 3. The lowest BCUT2D eigenvalue weighted by molar-refractivity contribution is -0.139. The minimum absolute atomic E-state index is 0.136. The zero-order valence-corrected chi connectivity index (χ0v) is 4.82.